The summed E-state index contributed by atoms with van der Waals surface area (Å²) < 4.78 is 32.3. The highest BCUT2D eigenvalue weighted by Gasteiger charge is 2.82. The zero-order chi connectivity index (χ0) is 27.8. The Morgan fingerprint density at radius 2 is 1.73 bits per heavy atom. The molecule has 10 fully saturated rings. The van der Waals surface area contributed by atoms with Crippen molar-refractivity contribution in [1.29, 1.82) is 0 Å². The normalized spacial score (nSPS) is 61.1. The molecule has 0 amide bonds. The van der Waals surface area contributed by atoms with Gasteiger partial charge in [0.1, 0.15) is 24.3 Å². The fourth-order valence-corrected chi connectivity index (χ4v) is 12.6. The van der Waals surface area contributed by atoms with Crippen LogP contribution in [0.15, 0.2) is 12.2 Å². The molecule has 6 bridgehead atoms. The zero-order valence-corrected chi connectivity index (χ0v) is 23.4. The average molecular weight is 567 g/mol. The number of ether oxygens (including phenoxy) is 5. The van der Waals surface area contributed by atoms with Crippen LogP contribution in [-0.4, -0.2) is 65.4 Å². The van der Waals surface area contributed by atoms with Crippen LogP contribution in [0, 0.1) is 58.2 Å². The van der Waals surface area contributed by atoms with Gasteiger partial charge in [-0.3, -0.25) is 9.59 Å². The summed E-state index contributed by atoms with van der Waals surface area (Å²) in [5, 5.41) is 12.3. The molecule has 0 radical (unpaired) electrons. The molecule has 9 heteroatoms. The van der Waals surface area contributed by atoms with E-state index in [0.717, 1.165) is 44.9 Å². The first-order valence-corrected chi connectivity index (χ1v) is 15.9. The summed E-state index contributed by atoms with van der Waals surface area (Å²) in [5.74, 6) is -2.22. The lowest BCUT2D eigenvalue weighted by molar-refractivity contribution is -0.324. The van der Waals surface area contributed by atoms with Crippen molar-refractivity contribution in [2.45, 2.75) is 101 Å². The molecule has 0 aromatic rings. The van der Waals surface area contributed by atoms with Crippen LogP contribution < -0.4 is 0 Å². The molecule has 10 aliphatic rings. The van der Waals surface area contributed by atoms with Crippen LogP contribution in [-0.2, 0) is 38.1 Å². The third kappa shape index (κ3) is 2.65. The standard InChI is InChI=1S/C32H38O9/c1-13(2)27(35)37-12-18-7-22(39-31(36)17-4-16-5-19-25(34)20(31)10-29(16,19)9-17)26-28(38-18)41-32(40-26)21-11-30-8-14(24(21)33)3-15(30)6-23(30)32/h14-23,26,28,36H,1,3-12H2,2H3/t14?,15?,16?,17?,18-,19?,20?,21?,22-,23?,26+,28-,29?,30?,31?,32?/m0/s1. The van der Waals surface area contributed by atoms with Crippen molar-refractivity contribution >= 4 is 17.5 Å². The summed E-state index contributed by atoms with van der Waals surface area (Å²) in [6.07, 6.45) is 4.82. The molecule has 3 spiro atoms. The van der Waals surface area contributed by atoms with Crippen molar-refractivity contribution in [3.8, 4) is 0 Å². The topological polar surface area (TPSA) is 118 Å². The fraction of sp³-hybridized carbons (Fsp3) is 0.844. The van der Waals surface area contributed by atoms with E-state index in [1.54, 1.807) is 6.92 Å². The lowest BCUT2D eigenvalue weighted by Gasteiger charge is -2.52. The fourth-order valence-electron chi connectivity index (χ4n) is 12.6. The van der Waals surface area contributed by atoms with E-state index >= 15 is 0 Å². The van der Waals surface area contributed by atoms with Gasteiger partial charge in [-0.2, -0.15) is 0 Å². The molecule has 2 saturated heterocycles. The van der Waals surface area contributed by atoms with Gasteiger partial charge in [-0.15, -0.1) is 0 Å². The summed E-state index contributed by atoms with van der Waals surface area (Å²) in [6, 6.07) is 0. The molecule has 2 heterocycles. The highest BCUT2D eigenvalue weighted by Crippen LogP contribution is 2.80. The maximum atomic E-state index is 13.6. The summed E-state index contributed by atoms with van der Waals surface area (Å²) in [4.78, 5) is 39.3. The molecule has 220 valence electrons. The number of carbonyl (C=O) groups is 3. The highest BCUT2D eigenvalue weighted by molar-refractivity contribution is 5.90. The molecule has 41 heavy (non-hydrogen) atoms. The van der Waals surface area contributed by atoms with E-state index in [9.17, 15) is 19.5 Å². The highest BCUT2D eigenvalue weighted by atomic mass is 16.8. The summed E-state index contributed by atoms with van der Waals surface area (Å²) >= 11 is 0. The van der Waals surface area contributed by atoms with Crippen LogP contribution in [0.1, 0.15) is 64.7 Å². The van der Waals surface area contributed by atoms with E-state index in [0.29, 0.717) is 30.3 Å². The smallest absolute Gasteiger partial charge is 0.333 e. The van der Waals surface area contributed by atoms with Gasteiger partial charge in [0.25, 0.3) is 0 Å². The third-order valence-electron chi connectivity index (χ3n) is 14.3. The van der Waals surface area contributed by atoms with Crippen molar-refractivity contribution in [2.75, 3.05) is 6.61 Å². The monoisotopic (exact) mass is 566 g/mol. The van der Waals surface area contributed by atoms with Gasteiger partial charge < -0.3 is 28.8 Å². The number of esters is 1. The lowest BCUT2D eigenvalue weighted by Crippen LogP contribution is -2.58. The number of Topliss-reactive ketones (excluding diaryl/α,β-unsaturated/α-hetero) is 2. The number of hydrogen-bond acceptors (Lipinski definition) is 9. The van der Waals surface area contributed by atoms with Crippen LogP contribution in [0.5, 0.6) is 0 Å². The van der Waals surface area contributed by atoms with Gasteiger partial charge >= 0.3 is 5.97 Å². The number of carbonyl (C=O) groups excluding carboxylic acids is 3. The van der Waals surface area contributed by atoms with Crippen molar-refractivity contribution in [2.24, 2.45) is 58.2 Å². The Morgan fingerprint density at radius 1 is 0.927 bits per heavy atom. The summed E-state index contributed by atoms with van der Waals surface area (Å²) in [5.41, 5.74) is 0.503. The van der Waals surface area contributed by atoms with Gasteiger partial charge in [-0.1, -0.05) is 6.58 Å². The van der Waals surface area contributed by atoms with Gasteiger partial charge in [0.15, 0.2) is 17.9 Å². The van der Waals surface area contributed by atoms with Crippen LogP contribution in [0.2, 0.25) is 0 Å². The van der Waals surface area contributed by atoms with Crippen molar-refractivity contribution in [3.05, 3.63) is 12.2 Å². The minimum atomic E-state index is -1.56. The molecular formula is C32H38O9. The Morgan fingerprint density at radius 3 is 2.56 bits per heavy atom. The predicted octanol–water partition coefficient (Wildman–Crippen LogP) is 2.68. The Labute approximate surface area is 238 Å². The van der Waals surface area contributed by atoms with E-state index in [1.807, 2.05) is 0 Å². The van der Waals surface area contributed by atoms with E-state index in [-0.39, 0.29) is 58.6 Å². The second-order valence-electron chi connectivity index (χ2n) is 15.6. The van der Waals surface area contributed by atoms with E-state index in [2.05, 4.69) is 6.58 Å². The van der Waals surface area contributed by atoms with Gasteiger partial charge in [0, 0.05) is 35.7 Å². The Kier molecular flexibility index (Phi) is 4.43. The first-order chi connectivity index (χ1) is 19.6. The maximum Gasteiger partial charge on any atom is 0.333 e. The van der Waals surface area contributed by atoms with E-state index in [4.69, 9.17) is 23.7 Å². The number of hydrogen-bond donors (Lipinski definition) is 1. The second kappa shape index (κ2) is 7.34. The average Bonchev–Trinajstić information content (AvgIpc) is 3.60. The second-order valence-corrected chi connectivity index (χ2v) is 15.6. The largest absolute Gasteiger partial charge is 0.460 e. The van der Waals surface area contributed by atoms with Gasteiger partial charge in [-0.05, 0) is 81.0 Å². The van der Waals surface area contributed by atoms with Crippen LogP contribution in [0.3, 0.4) is 0 Å². The molecule has 9 nitrogen and oxygen atoms in total. The number of aliphatic hydroxyl groups is 1. The van der Waals surface area contributed by atoms with Crippen LogP contribution in [0.4, 0.5) is 0 Å². The van der Waals surface area contributed by atoms with Crippen molar-refractivity contribution in [3.63, 3.8) is 0 Å². The molecule has 0 aromatic carbocycles. The van der Waals surface area contributed by atoms with Gasteiger partial charge in [-0.25, -0.2) is 4.79 Å². The molecule has 12 unspecified atom stereocenters. The Bertz CT molecular complexity index is 1330. The predicted molar refractivity (Wildman–Crippen MR) is 137 cm³/mol. The van der Waals surface area contributed by atoms with E-state index in [1.165, 1.54) is 0 Å². The Hall–Kier alpha value is -1.65. The van der Waals surface area contributed by atoms with Crippen LogP contribution in [0.25, 0.3) is 0 Å². The molecule has 8 aliphatic carbocycles. The van der Waals surface area contributed by atoms with E-state index < -0.39 is 48.1 Å². The first-order valence-electron chi connectivity index (χ1n) is 15.9. The summed E-state index contributed by atoms with van der Waals surface area (Å²) in [6.45, 7) is 5.26. The molecule has 2 aliphatic heterocycles. The lowest BCUT2D eigenvalue weighted by atomic mass is 9.55. The zero-order valence-electron chi connectivity index (χ0n) is 23.4. The summed E-state index contributed by atoms with van der Waals surface area (Å²) in [7, 11) is 0. The van der Waals surface area contributed by atoms with Crippen molar-refractivity contribution in [1.82, 2.24) is 0 Å². The molecule has 0 aromatic heterocycles. The molecule has 8 saturated carbocycles. The van der Waals surface area contributed by atoms with Crippen molar-refractivity contribution < 1.29 is 43.2 Å². The minimum Gasteiger partial charge on any atom is -0.460 e. The molecule has 1 N–H and O–H groups in total. The quantitative estimate of drug-likeness (QED) is 0.305. The van der Waals surface area contributed by atoms with Gasteiger partial charge in [0.2, 0.25) is 0 Å². The molecule has 10 rings (SSSR count). The first kappa shape index (κ1) is 24.8. The minimum absolute atomic E-state index is 0.0114. The maximum absolute atomic E-state index is 13.6. The molecule has 16 atom stereocenters. The number of rotatable bonds is 5. The van der Waals surface area contributed by atoms with Gasteiger partial charge in [0.05, 0.1) is 24.0 Å². The number of fused-ring (bicyclic) bond motifs is 7. The number of ketones is 2. The third-order valence-corrected chi connectivity index (χ3v) is 14.3. The molecular weight excluding hydrogens is 528 g/mol. The SMILES string of the molecule is C=C(C)C(=O)OC[C@@H]1C[C@H](OC2(O)C3CC4CC5C(=O)C2CC45C3)[C@H]2OC3(O[C@@H]2O1)C1CC24CC(CC2CC43)C1=O. The van der Waals surface area contributed by atoms with Crippen LogP contribution >= 0.6 is 0 Å². The Balaban J connectivity index is 0.982.